The van der Waals surface area contributed by atoms with Crippen molar-refractivity contribution >= 4 is 22.0 Å². The molecule has 94 valence electrons. The molecule has 0 aliphatic heterocycles. The number of anilines is 1. The smallest absolute Gasteiger partial charge is 0.304 e. The zero-order valence-electron chi connectivity index (χ0n) is 9.92. The number of hydrogen-bond donors (Lipinski definition) is 1. The molecule has 1 heterocycles. The SMILES string of the molecule is C=CCN(CC)c1sc([C@@H](C)O)cc1[N+](=O)[O-]. The lowest BCUT2D eigenvalue weighted by Gasteiger charge is -2.18. The number of rotatable bonds is 6. The van der Waals surface area contributed by atoms with E-state index in [1.807, 2.05) is 11.8 Å². The summed E-state index contributed by atoms with van der Waals surface area (Å²) in [6.07, 6.45) is 1.02. The van der Waals surface area contributed by atoms with E-state index in [0.717, 1.165) is 0 Å². The van der Waals surface area contributed by atoms with Crippen molar-refractivity contribution in [3.63, 3.8) is 0 Å². The molecule has 0 unspecified atom stereocenters. The molecule has 0 aromatic carbocycles. The second-order valence-corrected chi connectivity index (χ2v) is 4.66. The zero-order valence-corrected chi connectivity index (χ0v) is 10.7. The molecule has 1 N–H and O–H groups in total. The molecule has 0 bridgehead atoms. The first-order chi connectivity index (χ1) is 8.01. The van der Waals surface area contributed by atoms with E-state index >= 15 is 0 Å². The Morgan fingerprint density at radius 2 is 2.41 bits per heavy atom. The Bertz CT molecular complexity index is 415. The minimum absolute atomic E-state index is 0.0506. The van der Waals surface area contributed by atoms with Gasteiger partial charge >= 0.3 is 5.69 Å². The van der Waals surface area contributed by atoms with E-state index in [1.165, 1.54) is 17.4 Å². The van der Waals surface area contributed by atoms with Gasteiger partial charge in [0.25, 0.3) is 0 Å². The van der Waals surface area contributed by atoms with Crippen molar-refractivity contribution in [3.8, 4) is 0 Å². The number of aliphatic hydroxyl groups is 1. The quantitative estimate of drug-likeness (QED) is 0.483. The number of thiophene rings is 1. The van der Waals surface area contributed by atoms with Crippen LogP contribution in [-0.4, -0.2) is 23.1 Å². The predicted molar refractivity (Wildman–Crippen MR) is 69.7 cm³/mol. The number of nitro groups is 1. The lowest BCUT2D eigenvalue weighted by atomic mass is 10.3. The Balaban J connectivity index is 3.18. The van der Waals surface area contributed by atoms with Gasteiger partial charge in [-0.3, -0.25) is 10.1 Å². The average Bonchev–Trinajstić information content (AvgIpc) is 2.70. The summed E-state index contributed by atoms with van der Waals surface area (Å²) >= 11 is 1.26. The topological polar surface area (TPSA) is 66.6 Å². The van der Waals surface area contributed by atoms with E-state index in [0.29, 0.717) is 23.0 Å². The number of aliphatic hydroxyl groups excluding tert-OH is 1. The summed E-state index contributed by atoms with van der Waals surface area (Å²) in [5, 5.41) is 21.0. The first-order valence-electron chi connectivity index (χ1n) is 5.33. The third-order valence-corrected chi connectivity index (χ3v) is 3.69. The van der Waals surface area contributed by atoms with Crippen LogP contribution in [0.2, 0.25) is 0 Å². The van der Waals surface area contributed by atoms with Crippen molar-refractivity contribution in [2.75, 3.05) is 18.0 Å². The molecular weight excluding hydrogens is 240 g/mol. The lowest BCUT2D eigenvalue weighted by molar-refractivity contribution is -0.383. The van der Waals surface area contributed by atoms with Gasteiger partial charge < -0.3 is 10.0 Å². The second-order valence-electron chi connectivity index (χ2n) is 3.60. The van der Waals surface area contributed by atoms with Crippen LogP contribution < -0.4 is 4.90 Å². The standard InChI is InChI=1S/C11H16N2O3S/c1-4-6-12(5-2)11-9(13(15)16)7-10(17-11)8(3)14/h4,7-8,14H,1,5-6H2,2-3H3/t8-/m1/s1. The number of hydrogen-bond acceptors (Lipinski definition) is 5. The van der Waals surface area contributed by atoms with Gasteiger partial charge in [-0.25, -0.2) is 0 Å². The van der Waals surface area contributed by atoms with Gasteiger partial charge in [0.1, 0.15) is 0 Å². The molecule has 0 spiro atoms. The van der Waals surface area contributed by atoms with Gasteiger partial charge in [0, 0.05) is 24.0 Å². The Morgan fingerprint density at radius 1 is 1.76 bits per heavy atom. The molecule has 6 heteroatoms. The van der Waals surface area contributed by atoms with Gasteiger partial charge in [0.15, 0.2) is 5.00 Å². The highest BCUT2D eigenvalue weighted by molar-refractivity contribution is 7.16. The molecule has 0 radical (unpaired) electrons. The molecule has 1 aromatic rings. The number of nitrogens with zero attached hydrogens (tertiary/aromatic N) is 2. The van der Waals surface area contributed by atoms with E-state index in [1.54, 1.807) is 13.0 Å². The highest BCUT2D eigenvalue weighted by Crippen LogP contribution is 2.39. The minimum Gasteiger partial charge on any atom is -0.388 e. The van der Waals surface area contributed by atoms with Crippen LogP contribution in [-0.2, 0) is 0 Å². The van der Waals surface area contributed by atoms with Crippen LogP contribution in [0, 0.1) is 10.1 Å². The molecule has 1 rings (SSSR count). The Morgan fingerprint density at radius 3 is 2.82 bits per heavy atom. The molecule has 0 saturated heterocycles. The fraction of sp³-hybridized carbons (Fsp3) is 0.455. The Hall–Kier alpha value is -1.40. The molecule has 0 amide bonds. The van der Waals surface area contributed by atoms with E-state index in [4.69, 9.17) is 0 Å². The highest BCUT2D eigenvalue weighted by Gasteiger charge is 2.24. The highest BCUT2D eigenvalue weighted by atomic mass is 32.1. The predicted octanol–water partition coefficient (Wildman–Crippen LogP) is 2.72. The molecule has 5 nitrogen and oxygen atoms in total. The largest absolute Gasteiger partial charge is 0.388 e. The van der Waals surface area contributed by atoms with E-state index in [-0.39, 0.29) is 5.69 Å². The van der Waals surface area contributed by atoms with Gasteiger partial charge in [-0.1, -0.05) is 6.08 Å². The van der Waals surface area contributed by atoms with Crippen molar-refractivity contribution in [2.45, 2.75) is 20.0 Å². The molecule has 0 saturated carbocycles. The van der Waals surface area contributed by atoms with Gasteiger partial charge in [0.05, 0.1) is 11.0 Å². The van der Waals surface area contributed by atoms with Crippen molar-refractivity contribution < 1.29 is 10.0 Å². The summed E-state index contributed by atoms with van der Waals surface area (Å²) in [7, 11) is 0. The summed E-state index contributed by atoms with van der Waals surface area (Å²) in [6, 6.07) is 1.44. The first-order valence-corrected chi connectivity index (χ1v) is 6.14. The Labute approximate surface area is 104 Å². The van der Waals surface area contributed by atoms with Crippen LogP contribution in [0.5, 0.6) is 0 Å². The molecule has 0 fully saturated rings. The molecule has 17 heavy (non-hydrogen) atoms. The van der Waals surface area contributed by atoms with Gasteiger partial charge in [-0.05, 0) is 13.8 Å². The van der Waals surface area contributed by atoms with Gasteiger partial charge in [-0.2, -0.15) is 0 Å². The van der Waals surface area contributed by atoms with Crippen LogP contribution in [0.3, 0.4) is 0 Å². The van der Waals surface area contributed by atoms with E-state index in [2.05, 4.69) is 6.58 Å². The summed E-state index contributed by atoms with van der Waals surface area (Å²) in [5.41, 5.74) is 0.0506. The Kier molecular flexibility index (Phi) is 4.65. The maximum Gasteiger partial charge on any atom is 0.304 e. The fourth-order valence-electron chi connectivity index (χ4n) is 1.46. The van der Waals surface area contributed by atoms with Gasteiger partial charge in [-0.15, -0.1) is 17.9 Å². The van der Waals surface area contributed by atoms with E-state index in [9.17, 15) is 15.2 Å². The molecule has 0 aliphatic carbocycles. The minimum atomic E-state index is -0.685. The number of likely N-dealkylation sites (N-methyl/N-ethyl adjacent to an activating group) is 1. The van der Waals surface area contributed by atoms with Crippen molar-refractivity contribution in [3.05, 3.63) is 33.7 Å². The maximum atomic E-state index is 11.0. The fourth-order valence-corrected chi connectivity index (χ4v) is 2.60. The van der Waals surface area contributed by atoms with Crippen LogP contribution in [0.15, 0.2) is 18.7 Å². The molecule has 0 aliphatic rings. The third kappa shape index (κ3) is 3.04. The van der Waals surface area contributed by atoms with Gasteiger partial charge in [0.2, 0.25) is 0 Å². The van der Waals surface area contributed by atoms with E-state index < -0.39 is 11.0 Å². The second kappa shape index (κ2) is 5.79. The van der Waals surface area contributed by atoms with Crippen LogP contribution in [0.1, 0.15) is 24.8 Å². The summed E-state index contributed by atoms with van der Waals surface area (Å²) in [6.45, 7) is 8.37. The lowest BCUT2D eigenvalue weighted by Crippen LogP contribution is -2.22. The molecular formula is C11H16N2O3S. The normalized spacial score (nSPS) is 12.2. The maximum absolute atomic E-state index is 11.0. The van der Waals surface area contributed by atoms with Crippen molar-refractivity contribution in [1.29, 1.82) is 0 Å². The van der Waals surface area contributed by atoms with Crippen LogP contribution >= 0.6 is 11.3 Å². The summed E-state index contributed by atoms with van der Waals surface area (Å²) < 4.78 is 0. The average molecular weight is 256 g/mol. The summed E-state index contributed by atoms with van der Waals surface area (Å²) in [5.74, 6) is 0. The first kappa shape index (κ1) is 13.7. The van der Waals surface area contributed by atoms with Crippen molar-refractivity contribution in [1.82, 2.24) is 0 Å². The van der Waals surface area contributed by atoms with Crippen LogP contribution in [0.25, 0.3) is 0 Å². The zero-order chi connectivity index (χ0) is 13.0. The monoisotopic (exact) mass is 256 g/mol. The third-order valence-electron chi connectivity index (χ3n) is 2.34. The van der Waals surface area contributed by atoms with Crippen LogP contribution in [0.4, 0.5) is 10.7 Å². The molecule has 1 atom stereocenters. The van der Waals surface area contributed by atoms with Crippen molar-refractivity contribution in [2.24, 2.45) is 0 Å². The summed E-state index contributed by atoms with van der Waals surface area (Å²) in [4.78, 5) is 13.0. The molecule has 1 aromatic heterocycles.